The first-order valence-corrected chi connectivity index (χ1v) is 12.9. The molecule has 0 aliphatic carbocycles. The standard InChI is InChI=1S/C29H25Cl2FN4O2/c1-18(2)35(29(38)33-22-8-5-7-21(30)27(22)31)17-26(37)36-24-10-4-3-9-23(24)34-16-6-11-25(34)28(36)19-12-14-20(32)15-13-19/h3-16,18,28H,17H2,1-2H3,(H,33,38). The van der Waals surface area contributed by atoms with Crippen molar-refractivity contribution >= 4 is 46.5 Å². The van der Waals surface area contributed by atoms with Crippen molar-refractivity contribution in [2.24, 2.45) is 0 Å². The van der Waals surface area contributed by atoms with E-state index in [2.05, 4.69) is 5.32 Å². The largest absolute Gasteiger partial charge is 0.322 e. The van der Waals surface area contributed by atoms with Crippen molar-refractivity contribution in [2.45, 2.75) is 25.9 Å². The Hall–Kier alpha value is -3.81. The van der Waals surface area contributed by atoms with Crippen LogP contribution in [0, 0.1) is 5.82 Å². The number of para-hydroxylation sites is 2. The zero-order valence-corrected chi connectivity index (χ0v) is 22.2. The molecule has 0 fully saturated rings. The van der Waals surface area contributed by atoms with Crippen molar-refractivity contribution in [3.05, 3.63) is 112 Å². The Balaban J connectivity index is 1.52. The summed E-state index contributed by atoms with van der Waals surface area (Å²) in [7, 11) is 0. The second-order valence-electron chi connectivity index (χ2n) is 9.26. The van der Waals surface area contributed by atoms with Crippen LogP contribution in [0.3, 0.4) is 0 Å². The molecule has 0 saturated carbocycles. The zero-order valence-electron chi connectivity index (χ0n) is 20.7. The monoisotopic (exact) mass is 550 g/mol. The molecule has 2 heterocycles. The average molecular weight is 551 g/mol. The summed E-state index contributed by atoms with van der Waals surface area (Å²) in [5, 5.41) is 3.31. The topological polar surface area (TPSA) is 57.6 Å². The van der Waals surface area contributed by atoms with Crippen LogP contribution in [-0.4, -0.2) is 34.0 Å². The third-order valence-electron chi connectivity index (χ3n) is 6.56. The van der Waals surface area contributed by atoms with Gasteiger partial charge in [0, 0.05) is 12.2 Å². The highest BCUT2D eigenvalue weighted by Crippen LogP contribution is 2.42. The van der Waals surface area contributed by atoms with E-state index in [1.807, 2.05) is 61.0 Å². The normalized spacial score (nSPS) is 14.2. The first kappa shape index (κ1) is 25.8. The number of hydrogen-bond acceptors (Lipinski definition) is 2. The van der Waals surface area contributed by atoms with E-state index in [1.165, 1.54) is 17.0 Å². The van der Waals surface area contributed by atoms with Crippen LogP contribution in [-0.2, 0) is 4.79 Å². The molecule has 1 N–H and O–H groups in total. The number of urea groups is 1. The van der Waals surface area contributed by atoms with E-state index < -0.39 is 12.1 Å². The Bertz CT molecular complexity index is 1500. The fraction of sp³-hybridized carbons (Fsp3) is 0.172. The molecular formula is C29H25Cl2FN4O2. The van der Waals surface area contributed by atoms with Crippen LogP contribution in [0.4, 0.5) is 20.6 Å². The predicted molar refractivity (Wildman–Crippen MR) is 149 cm³/mol. The molecule has 1 aliphatic rings. The Morgan fingerprint density at radius 2 is 1.66 bits per heavy atom. The molecule has 0 bridgehead atoms. The number of carbonyl (C=O) groups is 2. The van der Waals surface area contributed by atoms with Gasteiger partial charge in [0.2, 0.25) is 5.91 Å². The molecule has 1 aliphatic heterocycles. The molecule has 0 radical (unpaired) electrons. The smallest absolute Gasteiger partial charge is 0.316 e. The van der Waals surface area contributed by atoms with Gasteiger partial charge in [0.05, 0.1) is 32.8 Å². The molecule has 1 unspecified atom stereocenters. The van der Waals surface area contributed by atoms with Crippen molar-refractivity contribution in [1.29, 1.82) is 0 Å². The second-order valence-corrected chi connectivity index (χ2v) is 10.0. The molecule has 3 amide bonds. The van der Waals surface area contributed by atoms with Gasteiger partial charge in [-0.15, -0.1) is 0 Å². The number of carbonyl (C=O) groups excluding carboxylic acids is 2. The van der Waals surface area contributed by atoms with Gasteiger partial charge in [-0.2, -0.15) is 0 Å². The first-order chi connectivity index (χ1) is 18.3. The SMILES string of the molecule is CC(C)N(CC(=O)N1c2ccccc2-n2cccc2C1c1ccc(F)cc1)C(=O)Nc1cccc(Cl)c1Cl. The molecule has 0 saturated heterocycles. The van der Waals surface area contributed by atoms with Gasteiger partial charge in [0.1, 0.15) is 18.4 Å². The summed E-state index contributed by atoms with van der Waals surface area (Å²) < 4.78 is 15.8. The first-order valence-electron chi connectivity index (χ1n) is 12.1. The van der Waals surface area contributed by atoms with Crippen molar-refractivity contribution in [3.63, 3.8) is 0 Å². The summed E-state index contributed by atoms with van der Waals surface area (Å²) in [6, 6.07) is 21.2. The molecule has 1 aromatic heterocycles. The summed E-state index contributed by atoms with van der Waals surface area (Å²) in [5.41, 5.74) is 3.49. The molecule has 5 rings (SSSR count). The van der Waals surface area contributed by atoms with Crippen LogP contribution in [0.1, 0.15) is 31.1 Å². The minimum atomic E-state index is -0.521. The van der Waals surface area contributed by atoms with Gasteiger partial charge in [-0.25, -0.2) is 9.18 Å². The predicted octanol–water partition coefficient (Wildman–Crippen LogP) is 7.30. The van der Waals surface area contributed by atoms with E-state index in [0.29, 0.717) is 16.4 Å². The Morgan fingerprint density at radius 1 is 0.947 bits per heavy atom. The molecular weight excluding hydrogens is 526 g/mol. The Labute approximate surface area is 230 Å². The van der Waals surface area contributed by atoms with Crippen LogP contribution < -0.4 is 10.2 Å². The number of nitrogens with zero attached hydrogens (tertiary/aromatic N) is 3. The van der Waals surface area contributed by atoms with E-state index >= 15 is 0 Å². The summed E-state index contributed by atoms with van der Waals surface area (Å²) in [5.74, 6) is -0.652. The van der Waals surface area contributed by atoms with Crippen LogP contribution in [0.5, 0.6) is 0 Å². The van der Waals surface area contributed by atoms with Gasteiger partial charge in [-0.05, 0) is 67.9 Å². The maximum atomic E-state index is 14.1. The highest BCUT2D eigenvalue weighted by atomic mass is 35.5. The minimum Gasteiger partial charge on any atom is -0.316 e. The summed E-state index contributed by atoms with van der Waals surface area (Å²) >= 11 is 12.4. The zero-order chi connectivity index (χ0) is 27.0. The van der Waals surface area contributed by atoms with Gasteiger partial charge < -0.3 is 14.8 Å². The van der Waals surface area contributed by atoms with Crippen LogP contribution >= 0.6 is 23.2 Å². The number of amides is 3. The highest BCUT2D eigenvalue weighted by Gasteiger charge is 2.37. The van der Waals surface area contributed by atoms with E-state index in [1.54, 1.807) is 35.2 Å². The molecule has 1 atom stereocenters. The quantitative estimate of drug-likeness (QED) is 0.283. The fourth-order valence-electron chi connectivity index (χ4n) is 4.72. The van der Waals surface area contributed by atoms with E-state index in [0.717, 1.165) is 16.9 Å². The third kappa shape index (κ3) is 4.75. The molecule has 194 valence electrons. The van der Waals surface area contributed by atoms with E-state index in [9.17, 15) is 14.0 Å². The summed E-state index contributed by atoms with van der Waals surface area (Å²) in [6.45, 7) is 3.47. The number of hydrogen-bond donors (Lipinski definition) is 1. The molecule has 0 spiro atoms. The lowest BCUT2D eigenvalue weighted by atomic mass is 9.97. The Kier molecular flexibility index (Phi) is 7.15. The lowest BCUT2D eigenvalue weighted by molar-refractivity contribution is -0.119. The number of benzene rings is 3. The van der Waals surface area contributed by atoms with Crippen molar-refractivity contribution < 1.29 is 14.0 Å². The van der Waals surface area contributed by atoms with Crippen LogP contribution in [0.25, 0.3) is 5.69 Å². The number of aromatic nitrogens is 1. The van der Waals surface area contributed by atoms with E-state index in [-0.39, 0.29) is 29.3 Å². The number of halogens is 3. The maximum Gasteiger partial charge on any atom is 0.322 e. The van der Waals surface area contributed by atoms with Gasteiger partial charge >= 0.3 is 6.03 Å². The number of nitrogens with one attached hydrogen (secondary N) is 1. The lowest BCUT2D eigenvalue weighted by Crippen LogP contribution is -2.49. The number of fused-ring (bicyclic) bond motifs is 3. The molecule has 3 aromatic carbocycles. The number of anilines is 2. The van der Waals surface area contributed by atoms with Crippen LogP contribution in [0.2, 0.25) is 10.0 Å². The van der Waals surface area contributed by atoms with Crippen molar-refractivity contribution in [3.8, 4) is 5.69 Å². The van der Waals surface area contributed by atoms with Gasteiger partial charge in [0.25, 0.3) is 0 Å². The van der Waals surface area contributed by atoms with Gasteiger partial charge in [0.15, 0.2) is 0 Å². The average Bonchev–Trinajstić information content (AvgIpc) is 3.39. The molecule has 38 heavy (non-hydrogen) atoms. The van der Waals surface area contributed by atoms with Gasteiger partial charge in [-0.3, -0.25) is 9.69 Å². The fourth-order valence-corrected chi connectivity index (χ4v) is 5.07. The van der Waals surface area contributed by atoms with E-state index in [4.69, 9.17) is 23.2 Å². The molecule has 6 nitrogen and oxygen atoms in total. The summed E-state index contributed by atoms with van der Waals surface area (Å²) in [6.07, 6.45) is 1.94. The van der Waals surface area contributed by atoms with Crippen LogP contribution in [0.15, 0.2) is 85.1 Å². The Morgan fingerprint density at radius 3 is 2.37 bits per heavy atom. The third-order valence-corrected chi connectivity index (χ3v) is 7.38. The highest BCUT2D eigenvalue weighted by molar-refractivity contribution is 6.44. The van der Waals surface area contributed by atoms with Crippen molar-refractivity contribution in [1.82, 2.24) is 9.47 Å². The van der Waals surface area contributed by atoms with Crippen molar-refractivity contribution in [2.75, 3.05) is 16.8 Å². The van der Waals surface area contributed by atoms with Gasteiger partial charge in [-0.1, -0.05) is 53.5 Å². The minimum absolute atomic E-state index is 0.200. The lowest BCUT2D eigenvalue weighted by Gasteiger charge is -2.40. The summed E-state index contributed by atoms with van der Waals surface area (Å²) in [4.78, 5) is 30.6. The number of rotatable bonds is 5. The molecule has 4 aromatic rings. The molecule has 9 heteroatoms. The maximum absolute atomic E-state index is 14.1. The second kappa shape index (κ2) is 10.5.